The van der Waals surface area contributed by atoms with E-state index in [1.165, 1.54) is 25.7 Å². The van der Waals surface area contributed by atoms with Gasteiger partial charge in [0.25, 0.3) is 0 Å². The van der Waals surface area contributed by atoms with E-state index in [4.69, 9.17) is 10.1 Å². The summed E-state index contributed by atoms with van der Waals surface area (Å²) in [5.74, 6) is 1.29. The minimum absolute atomic E-state index is 0.636. The average Bonchev–Trinajstić information content (AvgIpc) is 3.07. The molecule has 2 N–H and O–H groups in total. The van der Waals surface area contributed by atoms with Gasteiger partial charge in [-0.2, -0.15) is 10.1 Å². The van der Waals surface area contributed by atoms with Crippen molar-refractivity contribution in [2.75, 3.05) is 19.4 Å². The molecule has 1 aliphatic rings. The van der Waals surface area contributed by atoms with Crippen LogP contribution in [0.3, 0.4) is 0 Å². The second-order valence-electron chi connectivity index (χ2n) is 7.08. The van der Waals surface area contributed by atoms with Gasteiger partial charge in [0, 0.05) is 31.4 Å². The summed E-state index contributed by atoms with van der Waals surface area (Å²) in [7, 11) is 3.91. The quantitative estimate of drug-likeness (QED) is 0.739. The molecule has 2 aromatic heterocycles. The minimum atomic E-state index is 0.636. The summed E-state index contributed by atoms with van der Waals surface area (Å²) >= 11 is 0. The lowest BCUT2D eigenvalue weighted by Gasteiger charge is -2.28. The highest BCUT2D eigenvalue weighted by molar-refractivity contribution is 5.91. The molecule has 3 aromatic rings. The summed E-state index contributed by atoms with van der Waals surface area (Å²) in [6.07, 6.45) is 6.83. The normalized spacial score (nSPS) is 20.4. The Hall–Kier alpha value is -2.47. The second kappa shape index (κ2) is 7.41. The third-order valence-electron chi connectivity index (χ3n) is 5.45. The molecule has 0 unspecified atom stereocenters. The Morgan fingerprint density at radius 2 is 1.85 bits per heavy atom. The van der Waals surface area contributed by atoms with Gasteiger partial charge in [-0.1, -0.05) is 30.3 Å². The van der Waals surface area contributed by atoms with Gasteiger partial charge in [0.05, 0.1) is 5.39 Å². The zero-order valence-electron chi connectivity index (χ0n) is 15.4. The van der Waals surface area contributed by atoms with Crippen molar-refractivity contribution in [3.8, 4) is 11.3 Å². The summed E-state index contributed by atoms with van der Waals surface area (Å²) in [4.78, 5) is 9.11. The number of benzene rings is 1. The van der Waals surface area contributed by atoms with Crippen LogP contribution >= 0.6 is 0 Å². The molecule has 1 fully saturated rings. The van der Waals surface area contributed by atoms with Crippen molar-refractivity contribution in [1.29, 1.82) is 0 Å². The maximum Gasteiger partial charge on any atom is 0.224 e. The van der Waals surface area contributed by atoms with E-state index < -0.39 is 0 Å². The van der Waals surface area contributed by atoms with Crippen LogP contribution in [0.25, 0.3) is 22.3 Å². The first-order valence-corrected chi connectivity index (χ1v) is 9.42. The molecular weight excluding hydrogens is 324 g/mol. The maximum atomic E-state index is 4.94. The summed E-state index contributed by atoms with van der Waals surface area (Å²) < 4.78 is 2.09. The molecule has 0 bridgehead atoms. The van der Waals surface area contributed by atoms with Crippen LogP contribution in [0.4, 0.5) is 5.95 Å². The first-order valence-electron chi connectivity index (χ1n) is 9.42. The average molecular weight is 350 g/mol. The molecule has 6 heteroatoms. The number of nitrogens with one attached hydrogen (secondary N) is 2. The van der Waals surface area contributed by atoms with Crippen LogP contribution in [-0.2, 0) is 6.54 Å². The number of hydrogen-bond donors (Lipinski definition) is 2. The zero-order valence-corrected chi connectivity index (χ0v) is 15.4. The largest absolute Gasteiger partial charge is 0.357 e. The molecule has 4 rings (SSSR count). The molecule has 26 heavy (non-hydrogen) atoms. The van der Waals surface area contributed by atoms with Gasteiger partial charge in [-0.05, 0) is 38.6 Å². The zero-order chi connectivity index (χ0) is 17.9. The fourth-order valence-electron chi connectivity index (χ4n) is 3.89. The van der Waals surface area contributed by atoms with Crippen molar-refractivity contribution in [1.82, 2.24) is 25.1 Å². The Kier molecular flexibility index (Phi) is 4.84. The summed E-state index contributed by atoms with van der Waals surface area (Å²) in [5.41, 5.74) is 2.99. The Bertz CT molecular complexity index is 865. The highest BCUT2D eigenvalue weighted by atomic mass is 15.3. The van der Waals surface area contributed by atoms with E-state index in [2.05, 4.69) is 39.5 Å². The molecule has 0 atom stereocenters. The van der Waals surface area contributed by atoms with E-state index in [-0.39, 0.29) is 0 Å². The van der Waals surface area contributed by atoms with Gasteiger partial charge in [-0.25, -0.2) is 9.67 Å². The SMILES string of the molecule is CNc1ncc2c(-c3ccccc3)nn(CC3CCC(NC)CC3)c2n1. The van der Waals surface area contributed by atoms with Crippen molar-refractivity contribution in [3.63, 3.8) is 0 Å². The van der Waals surface area contributed by atoms with E-state index in [1.807, 2.05) is 31.4 Å². The van der Waals surface area contributed by atoms with Crippen LogP contribution in [0.5, 0.6) is 0 Å². The summed E-state index contributed by atoms with van der Waals surface area (Å²) in [6, 6.07) is 11.0. The highest BCUT2D eigenvalue weighted by Gasteiger charge is 2.23. The third-order valence-corrected chi connectivity index (χ3v) is 5.45. The molecule has 1 aliphatic carbocycles. The molecule has 0 radical (unpaired) electrons. The summed E-state index contributed by atoms with van der Waals surface area (Å²) in [6.45, 7) is 0.917. The van der Waals surface area contributed by atoms with Gasteiger partial charge >= 0.3 is 0 Å². The monoisotopic (exact) mass is 350 g/mol. The molecule has 0 amide bonds. The predicted molar refractivity (Wildman–Crippen MR) is 105 cm³/mol. The van der Waals surface area contributed by atoms with Gasteiger partial charge < -0.3 is 10.6 Å². The van der Waals surface area contributed by atoms with Gasteiger partial charge in [0.2, 0.25) is 5.95 Å². The van der Waals surface area contributed by atoms with Crippen molar-refractivity contribution in [3.05, 3.63) is 36.5 Å². The molecular formula is C20H26N6. The predicted octanol–water partition coefficient (Wildman–Crippen LogP) is 3.31. The Labute approximate surface area is 154 Å². The number of anilines is 1. The number of fused-ring (bicyclic) bond motifs is 1. The van der Waals surface area contributed by atoms with Crippen LogP contribution in [0.15, 0.2) is 36.5 Å². The summed E-state index contributed by atoms with van der Waals surface area (Å²) in [5, 5.41) is 12.4. The number of rotatable bonds is 5. The van der Waals surface area contributed by atoms with Gasteiger partial charge in [-0.3, -0.25) is 0 Å². The number of hydrogen-bond acceptors (Lipinski definition) is 5. The van der Waals surface area contributed by atoms with E-state index in [9.17, 15) is 0 Å². The van der Waals surface area contributed by atoms with Crippen LogP contribution < -0.4 is 10.6 Å². The van der Waals surface area contributed by atoms with E-state index in [1.54, 1.807) is 0 Å². The lowest BCUT2D eigenvalue weighted by atomic mass is 9.86. The molecule has 136 valence electrons. The molecule has 0 saturated heterocycles. The highest BCUT2D eigenvalue weighted by Crippen LogP contribution is 2.30. The van der Waals surface area contributed by atoms with E-state index in [0.29, 0.717) is 17.9 Å². The number of nitrogens with zero attached hydrogens (tertiary/aromatic N) is 4. The first kappa shape index (κ1) is 17.0. The van der Waals surface area contributed by atoms with Crippen LogP contribution in [0, 0.1) is 5.92 Å². The van der Waals surface area contributed by atoms with E-state index in [0.717, 1.165) is 28.8 Å². The van der Waals surface area contributed by atoms with Crippen molar-refractivity contribution in [2.24, 2.45) is 5.92 Å². The fraction of sp³-hybridized carbons (Fsp3) is 0.450. The van der Waals surface area contributed by atoms with Crippen molar-refractivity contribution in [2.45, 2.75) is 38.3 Å². The van der Waals surface area contributed by atoms with Crippen molar-refractivity contribution >= 4 is 17.0 Å². The standard InChI is InChI=1S/C20H26N6/c1-21-16-10-8-14(9-11-16)13-26-19-17(12-23-20(22-2)24-19)18(25-26)15-6-4-3-5-7-15/h3-7,12,14,16,21H,8-11,13H2,1-2H3,(H,22,23,24). The van der Waals surface area contributed by atoms with Crippen LogP contribution in [0.1, 0.15) is 25.7 Å². The Balaban J connectivity index is 1.69. The molecule has 1 saturated carbocycles. The lowest BCUT2D eigenvalue weighted by molar-refractivity contribution is 0.270. The second-order valence-corrected chi connectivity index (χ2v) is 7.08. The molecule has 0 aliphatic heterocycles. The van der Waals surface area contributed by atoms with Crippen LogP contribution in [0.2, 0.25) is 0 Å². The third kappa shape index (κ3) is 3.29. The molecule has 2 heterocycles. The first-order chi connectivity index (χ1) is 12.8. The molecule has 6 nitrogen and oxygen atoms in total. The molecule has 0 spiro atoms. The number of aromatic nitrogens is 4. The lowest BCUT2D eigenvalue weighted by Crippen LogP contribution is -2.31. The van der Waals surface area contributed by atoms with Gasteiger partial charge in [0.1, 0.15) is 5.69 Å². The smallest absolute Gasteiger partial charge is 0.224 e. The minimum Gasteiger partial charge on any atom is -0.357 e. The van der Waals surface area contributed by atoms with Crippen molar-refractivity contribution < 1.29 is 0 Å². The van der Waals surface area contributed by atoms with Gasteiger partial charge in [0.15, 0.2) is 5.65 Å². The fourth-order valence-corrected chi connectivity index (χ4v) is 3.89. The molecule has 1 aromatic carbocycles. The maximum absolute atomic E-state index is 4.94. The van der Waals surface area contributed by atoms with Gasteiger partial charge in [-0.15, -0.1) is 0 Å². The Morgan fingerprint density at radius 1 is 1.08 bits per heavy atom. The van der Waals surface area contributed by atoms with Crippen LogP contribution in [-0.4, -0.2) is 39.9 Å². The topological polar surface area (TPSA) is 67.7 Å². The van der Waals surface area contributed by atoms with E-state index >= 15 is 0 Å². The Morgan fingerprint density at radius 3 is 2.54 bits per heavy atom.